The van der Waals surface area contributed by atoms with Gasteiger partial charge in [-0.05, 0) is 36.1 Å². The largest absolute Gasteiger partial charge is 0.497 e. The minimum absolute atomic E-state index is 0.171. The molecule has 3 amide bonds. The highest BCUT2D eigenvalue weighted by molar-refractivity contribution is 7.12. The molecule has 0 saturated carbocycles. The summed E-state index contributed by atoms with van der Waals surface area (Å²) < 4.78 is 5.24. The zero-order chi connectivity index (χ0) is 22.0. The lowest BCUT2D eigenvalue weighted by Crippen LogP contribution is -2.56. The number of piperazine rings is 1. The third kappa shape index (κ3) is 4.18. The molecule has 0 bridgehead atoms. The van der Waals surface area contributed by atoms with Crippen molar-refractivity contribution in [1.29, 1.82) is 0 Å². The predicted molar refractivity (Wildman–Crippen MR) is 117 cm³/mol. The van der Waals surface area contributed by atoms with Crippen LogP contribution in [0, 0.1) is 0 Å². The van der Waals surface area contributed by atoms with Gasteiger partial charge in [0.15, 0.2) is 0 Å². The van der Waals surface area contributed by atoms with Crippen molar-refractivity contribution in [2.75, 3.05) is 33.3 Å². The summed E-state index contributed by atoms with van der Waals surface area (Å²) in [5.74, 6) is -0.767. The zero-order valence-electron chi connectivity index (χ0n) is 17.5. The smallest absolute Gasteiger partial charge is 0.312 e. The average molecular weight is 441 g/mol. The van der Waals surface area contributed by atoms with Gasteiger partial charge < -0.3 is 14.5 Å². The number of benzene rings is 1. The summed E-state index contributed by atoms with van der Waals surface area (Å²) in [4.78, 5) is 41.7. The van der Waals surface area contributed by atoms with Gasteiger partial charge >= 0.3 is 11.8 Å². The van der Waals surface area contributed by atoms with Crippen LogP contribution in [0.5, 0.6) is 5.75 Å². The van der Waals surface area contributed by atoms with Crippen molar-refractivity contribution in [2.24, 2.45) is 5.10 Å². The van der Waals surface area contributed by atoms with Crippen molar-refractivity contribution < 1.29 is 19.1 Å². The first-order chi connectivity index (χ1) is 15.0. The van der Waals surface area contributed by atoms with Crippen molar-refractivity contribution in [3.05, 3.63) is 52.2 Å². The van der Waals surface area contributed by atoms with E-state index in [-0.39, 0.29) is 18.5 Å². The van der Waals surface area contributed by atoms with Gasteiger partial charge in [-0.3, -0.25) is 14.4 Å². The number of amides is 3. The van der Waals surface area contributed by atoms with Crippen molar-refractivity contribution in [2.45, 2.75) is 19.4 Å². The van der Waals surface area contributed by atoms with Crippen LogP contribution in [-0.2, 0) is 14.4 Å². The van der Waals surface area contributed by atoms with E-state index in [1.54, 1.807) is 18.4 Å². The first-order valence-electron chi connectivity index (χ1n) is 10.2. The highest BCUT2D eigenvalue weighted by Gasteiger charge is 2.37. The van der Waals surface area contributed by atoms with Crippen LogP contribution in [0.15, 0.2) is 46.9 Å². The quantitative estimate of drug-likeness (QED) is 0.645. The van der Waals surface area contributed by atoms with Crippen LogP contribution < -0.4 is 4.74 Å². The Morgan fingerprint density at radius 3 is 2.48 bits per heavy atom. The number of thiophene rings is 1. The molecule has 1 atom stereocenters. The van der Waals surface area contributed by atoms with Gasteiger partial charge in [-0.2, -0.15) is 5.10 Å². The van der Waals surface area contributed by atoms with Crippen molar-refractivity contribution in [3.63, 3.8) is 0 Å². The van der Waals surface area contributed by atoms with Gasteiger partial charge in [0.05, 0.1) is 23.7 Å². The van der Waals surface area contributed by atoms with Gasteiger partial charge in [0.1, 0.15) is 12.3 Å². The average Bonchev–Trinajstić information content (AvgIpc) is 3.47. The van der Waals surface area contributed by atoms with Crippen LogP contribution in [0.4, 0.5) is 0 Å². The molecule has 0 unspecified atom stereocenters. The fraction of sp³-hybridized carbons (Fsp3) is 0.364. The Morgan fingerprint density at radius 1 is 1.13 bits per heavy atom. The van der Waals surface area contributed by atoms with E-state index in [1.165, 1.54) is 14.8 Å². The second-order valence-corrected chi connectivity index (χ2v) is 8.31. The molecule has 0 radical (unpaired) electrons. The Labute approximate surface area is 184 Å². The van der Waals surface area contributed by atoms with Gasteiger partial charge in [0, 0.05) is 26.1 Å². The number of nitrogens with zero attached hydrogens (tertiary/aromatic N) is 4. The number of ether oxygens (including phenoxy) is 1. The number of carbonyl (C=O) groups is 3. The molecule has 1 saturated heterocycles. The van der Waals surface area contributed by atoms with E-state index in [0.29, 0.717) is 26.1 Å². The molecule has 3 heterocycles. The molecule has 1 aromatic carbocycles. The third-order valence-corrected chi connectivity index (χ3v) is 6.50. The lowest BCUT2D eigenvalue weighted by Gasteiger charge is -2.33. The predicted octanol–water partition coefficient (Wildman–Crippen LogP) is 2.13. The molecule has 8 nitrogen and oxygen atoms in total. The number of hydrazone groups is 1. The van der Waals surface area contributed by atoms with Crippen molar-refractivity contribution in [1.82, 2.24) is 14.8 Å². The molecule has 2 aliphatic heterocycles. The van der Waals surface area contributed by atoms with Crippen LogP contribution in [-0.4, -0.2) is 71.5 Å². The number of rotatable bonds is 6. The van der Waals surface area contributed by atoms with Crippen molar-refractivity contribution >= 4 is 34.8 Å². The molecule has 0 spiro atoms. The molecule has 1 fully saturated rings. The Balaban J connectivity index is 1.56. The lowest BCUT2D eigenvalue weighted by atomic mass is 10.0. The summed E-state index contributed by atoms with van der Waals surface area (Å²) in [6, 6.07) is 11.2. The fourth-order valence-electron chi connectivity index (χ4n) is 3.82. The minimum Gasteiger partial charge on any atom is -0.497 e. The first kappa shape index (κ1) is 21.0. The van der Waals surface area contributed by atoms with E-state index >= 15 is 0 Å². The molecule has 0 N–H and O–H groups in total. The maximum atomic E-state index is 13.2. The highest BCUT2D eigenvalue weighted by Crippen LogP contribution is 2.34. The standard InChI is InChI=1S/C22H24N4O4S/c1-3-24-10-11-25(22(29)21(24)28)14-20(27)26-18(15-6-8-16(30-2)9-7-15)13-17(23-26)19-5-4-12-31-19/h4-9,12,18H,3,10-11,13-14H2,1-2H3/t18-/m1/s1. The lowest BCUT2D eigenvalue weighted by molar-refractivity contribution is -0.157. The maximum Gasteiger partial charge on any atom is 0.312 e. The van der Waals surface area contributed by atoms with E-state index in [4.69, 9.17) is 4.74 Å². The summed E-state index contributed by atoms with van der Waals surface area (Å²) in [5.41, 5.74) is 1.77. The van der Waals surface area contributed by atoms with Crippen LogP contribution >= 0.6 is 11.3 Å². The van der Waals surface area contributed by atoms with E-state index in [0.717, 1.165) is 21.9 Å². The van der Waals surface area contributed by atoms with E-state index in [9.17, 15) is 14.4 Å². The van der Waals surface area contributed by atoms with Gasteiger partial charge in [-0.25, -0.2) is 5.01 Å². The number of methoxy groups -OCH3 is 1. The molecule has 31 heavy (non-hydrogen) atoms. The highest BCUT2D eigenvalue weighted by atomic mass is 32.1. The van der Waals surface area contributed by atoms with E-state index in [2.05, 4.69) is 5.10 Å². The summed E-state index contributed by atoms with van der Waals surface area (Å²) in [6.07, 6.45) is 0.578. The number of hydrogen-bond acceptors (Lipinski definition) is 6. The summed E-state index contributed by atoms with van der Waals surface area (Å²) >= 11 is 1.57. The van der Waals surface area contributed by atoms with Crippen LogP contribution in [0.3, 0.4) is 0 Å². The zero-order valence-corrected chi connectivity index (χ0v) is 18.3. The van der Waals surface area contributed by atoms with Gasteiger partial charge in [0.2, 0.25) is 0 Å². The third-order valence-electron chi connectivity index (χ3n) is 5.58. The molecule has 2 aliphatic rings. The summed E-state index contributed by atoms with van der Waals surface area (Å²) in [7, 11) is 1.61. The van der Waals surface area contributed by atoms with Crippen molar-refractivity contribution in [3.8, 4) is 5.75 Å². The Morgan fingerprint density at radius 2 is 1.84 bits per heavy atom. The van der Waals surface area contributed by atoms with E-state index in [1.807, 2.05) is 48.7 Å². The SMILES string of the molecule is CCN1CCN(CC(=O)N2N=C(c3cccs3)C[C@@H]2c2ccc(OC)cc2)C(=O)C1=O. The van der Waals surface area contributed by atoms with Gasteiger partial charge in [-0.1, -0.05) is 18.2 Å². The van der Waals surface area contributed by atoms with E-state index < -0.39 is 11.8 Å². The number of hydrogen-bond donors (Lipinski definition) is 0. The van der Waals surface area contributed by atoms with Crippen LogP contribution in [0.2, 0.25) is 0 Å². The van der Waals surface area contributed by atoms with Crippen LogP contribution in [0.1, 0.15) is 29.8 Å². The van der Waals surface area contributed by atoms with Gasteiger partial charge in [0.25, 0.3) is 5.91 Å². The molecule has 162 valence electrons. The minimum atomic E-state index is -0.635. The molecule has 0 aliphatic carbocycles. The number of carbonyl (C=O) groups excluding carboxylic acids is 3. The Bertz CT molecular complexity index is 1000. The monoisotopic (exact) mass is 440 g/mol. The summed E-state index contributed by atoms with van der Waals surface area (Å²) in [6.45, 7) is 2.91. The number of likely N-dealkylation sites (N-methyl/N-ethyl adjacent to an activating group) is 1. The van der Waals surface area contributed by atoms with Crippen LogP contribution in [0.25, 0.3) is 0 Å². The molecule has 1 aromatic heterocycles. The maximum absolute atomic E-state index is 13.2. The Kier molecular flexibility index (Phi) is 6.03. The molecular weight excluding hydrogens is 416 g/mol. The molecule has 9 heteroatoms. The Hall–Kier alpha value is -3.20. The normalized spacial score (nSPS) is 19.1. The second-order valence-electron chi connectivity index (χ2n) is 7.37. The molecule has 4 rings (SSSR count). The molecular formula is C22H24N4O4S. The topological polar surface area (TPSA) is 82.5 Å². The second kappa shape index (κ2) is 8.89. The first-order valence-corrected chi connectivity index (χ1v) is 11.0. The molecule has 2 aromatic rings. The summed E-state index contributed by atoms with van der Waals surface area (Å²) in [5, 5.41) is 8.05. The van der Waals surface area contributed by atoms with Gasteiger partial charge in [-0.15, -0.1) is 11.3 Å². The fourth-order valence-corrected chi connectivity index (χ4v) is 4.54.